The number of carboxylic acids is 1. The van der Waals surface area contributed by atoms with Gasteiger partial charge in [-0.25, -0.2) is 0 Å². The van der Waals surface area contributed by atoms with E-state index < -0.39 is 5.97 Å². The lowest BCUT2D eigenvalue weighted by Crippen LogP contribution is -2.42. The lowest BCUT2D eigenvalue weighted by Gasteiger charge is -2.32. The van der Waals surface area contributed by atoms with Crippen LogP contribution in [-0.4, -0.2) is 28.6 Å². The van der Waals surface area contributed by atoms with Crippen molar-refractivity contribution < 1.29 is 9.90 Å². The second-order valence-electron chi connectivity index (χ2n) is 5.27. The Morgan fingerprint density at radius 2 is 2.26 bits per heavy atom. The molecule has 0 aliphatic carbocycles. The number of carboxylic acid groups (broad SMARTS) is 1. The van der Waals surface area contributed by atoms with Crippen molar-refractivity contribution in [2.45, 2.75) is 58.0 Å². The molecule has 0 radical (unpaired) electrons. The Labute approximate surface area is 119 Å². The Morgan fingerprint density at radius 3 is 2.89 bits per heavy atom. The molecule has 1 N–H and O–H groups in total. The van der Waals surface area contributed by atoms with Gasteiger partial charge in [-0.05, 0) is 44.9 Å². The highest BCUT2D eigenvalue weighted by atomic mass is 32.1. The second kappa shape index (κ2) is 6.53. The highest BCUT2D eigenvalue weighted by Crippen LogP contribution is 2.32. The smallest absolute Gasteiger partial charge is 0.320 e. The Kier molecular flexibility index (Phi) is 4.99. The fraction of sp³-hybridized carbons (Fsp3) is 0.667. The zero-order valence-corrected chi connectivity index (χ0v) is 12.6. The number of carbonyl (C=O) groups is 1. The summed E-state index contributed by atoms with van der Waals surface area (Å²) in [6.07, 6.45) is 5.13. The monoisotopic (exact) mass is 281 g/mol. The van der Waals surface area contributed by atoms with E-state index in [-0.39, 0.29) is 12.1 Å². The van der Waals surface area contributed by atoms with Crippen molar-refractivity contribution in [1.29, 1.82) is 0 Å². The summed E-state index contributed by atoms with van der Waals surface area (Å²) in [7, 11) is 0. The van der Waals surface area contributed by atoms with Crippen LogP contribution in [0.3, 0.4) is 0 Å². The lowest BCUT2D eigenvalue weighted by atomic mass is 10.1. The Hall–Kier alpha value is -0.870. The van der Waals surface area contributed by atoms with Crippen molar-refractivity contribution in [3.8, 4) is 0 Å². The topological polar surface area (TPSA) is 40.5 Å². The molecule has 0 bridgehead atoms. The van der Waals surface area contributed by atoms with Gasteiger partial charge in [-0.1, -0.05) is 19.8 Å². The average Bonchev–Trinajstić information content (AvgIpc) is 2.74. The molecule has 1 aromatic heterocycles. The van der Waals surface area contributed by atoms with Gasteiger partial charge in [0.2, 0.25) is 0 Å². The third-order valence-electron chi connectivity index (χ3n) is 4.02. The molecule has 1 aliphatic heterocycles. The molecule has 2 unspecified atom stereocenters. The molecule has 0 amide bonds. The summed E-state index contributed by atoms with van der Waals surface area (Å²) in [6.45, 7) is 5.20. The maximum Gasteiger partial charge on any atom is 0.320 e. The second-order valence-corrected chi connectivity index (χ2v) is 6.47. The maximum absolute atomic E-state index is 11.5. The predicted molar refractivity (Wildman–Crippen MR) is 78.7 cm³/mol. The van der Waals surface area contributed by atoms with E-state index in [1.54, 1.807) is 0 Å². The summed E-state index contributed by atoms with van der Waals surface area (Å²) < 4.78 is 0. The molecule has 2 rings (SSSR count). The van der Waals surface area contributed by atoms with Crippen molar-refractivity contribution in [2.24, 2.45) is 0 Å². The summed E-state index contributed by atoms with van der Waals surface area (Å²) in [6, 6.07) is 4.23. The molecular weight excluding hydrogens is 258 g/mol. The van der Waals surface area contributed by atoms with E-state index in [0.29, 0.717) is 0 Å². The summed E-state index contributed by atoms with van der Waals surface area (Å²) in [5, 5.41) is 9.44. The SMILES string of the molecule is CCc1ccc(C(C)N2CCCCCC2C(=O)O)s1. The predicted octanol–water partition coefficient (Wildman–Crippen LogP) is 3.70. The van der Waals surface area contributed by atoms with Crippen molar-refractivity contribution in [3.05, 3.63) is 21.9 Å². The van der Waals surface area contributed by atoms with Gasteiger partial charge in [0.1, 0.15) is 6.04 Å². The van der Waals surface area contributed by atoms with Crippen LogP contribution >= 0.6 is 11.3 Å². The standard InChI is InChI=1S/C15H23NO2S/c1-3-12-8-9-14(19-12)11(2)16-10-6-4-5-7-13(16)15(17)18/h8-9,11,13H,3-7,10H2,1-2H3,(H,17,18). The van der Waals surface area contributed by atoms with Crippen LogP contribution in [0.2, 0.25) is 0 Å². The van der Waals surface area contributed by atoms with Crippen LogP contribution in [0.4, 0.5) is 0 Å². The summed E-state index contributed by atoms with van der Waals surface area (Å²) in [5.74, 6) is -0.666. The van der Waals surface area contributed by atoms with Crippen molar-refractivity contribution in [2.75, 3.05) is 6.54 Å². The minimum absolute atomic E-state index is 0.212. The molecule has 1 aliphatic rings. The minimum atomic E-state index is -0.666. The van der Waals surface area contributed by atoms with Crippen molar-refractivity contribution >= 4 is 17.3 Å². The molecular formula is C15H23NO2S. The summed E-state index contributed by atoms with van der Waals surface area (Å²) >= 11 is 1.82. The minimum Gasteiger partial charge on any atom is -0.480 e. The van der Waals surface area contributed by atoms with E-state index in [4.69, 9.17) is 0 Å². The molecule has 3 nitrogen and oxygen atoms in total. The molecule has 0 aromatic carbocycles. The average molecular weight is 281 g/mol. The Balaban J connectivity index is 2.17. The third-order valence-corrected chi connectivity index (χ3v) is 5.42. The van der Waals surface area contributed by atoms with E-state index in [0.717, 1.165) is 38.6 Å². The number of nitrogens with zero attached hydrogens (tertiary/aromatic N) is 1. The van der Waals surface area contributed by atoms with E-state index >= 15 is 0 Å². The molecule has 2 heterocycles. The molecule has 2 atom stereocenters. The van der Waals surface area contributed by atoms with E-state index in [9.17, 15) is 9.90 Å². The number of likely N-dealkylation sites (tertiary alicyclic amines) is 1. The zero-order chi connectivity index (χ0) is 13.8. The highest BCUT2D eigenvalue weighted by Gasteiger charge is 2.31. The van der Waals surface area contributed by atoms with Gasteiger partial charge in [-0.3, -0.25) is 9.69 Å². The maximum atomic E-state index is 11.5. The molecule has 0 saturated carbocycles. The number of rotatable bonds is 4. The molecule has 19 heavy (non-hydrogen) atoms. The van der Waals surface area contributed by atoms with Crippen molar-refractivity contribution in [3.63, 3.8) is 0 Å². The first-order valence-corrected chi connectivity index (χ1v) is 8.02. The van der Waals surface area contributed by atoms with Gasteiger partial charge in [0.05, 0.1) is 0 Å². The number of thiophene rings is 1. The largest absolute Gasteiger partial charge is 0.480 e. The lowest BCUT2D eigenvalue weighted by molar-refractivity contribution is -0.144. The van der Waals surface area contributed by atoms with Gasteiger partial charge in [-0.2, -0.15) is 0 Å². The Bertz CT molecular complexity index is 430. The molecule has 4 heteroatoms. The van der Waals surface area contributed by atoms with Crippen LogP contribution < -0.4 is 0 Å². The summed E-state index contributed by atoms with van der Waals surface area (Å²) in [4.78, 5) is 16.3. The fourth-order valence-corrected chi connectivity index (χ4v) is 3.86. The van der Waals surface area contributed by atoms with Crippen LogP contribution in [0.15, 0.2) is 12.1 Å². The highest BCUT2D eigenvalue weighted by molar-refractivity contribution is 7.12. The molecule has 1 aromatic rings. The normalized spacial score (nSPS) is 22.9. The van der Waals surface area contributed by atoms with Gasteiger partial charge >= 0.3 is 5.97 Å². The first-order chi connectivity index (χ1) is 9.13. The number of aryl methyl sites for hydroxylation is 1. The quantitative estimate of drug-likeness (QED) is 0.914. The molecule has 106 valence electrons. The van der Waals surface area contributed by atoms with Gasteiger partial charge < -0.3 is 5.11 Å². The third kappa shape index (κ3) is 3.37. The number of hydrogen-bond acceptors (Lipinski definition) is 3. The van der Waals surface area contributed by atoms with Gasteiger partial charge in [0.15, 0.2) is 0 Å². The fourth-order valence-electron chi connectivity index (χ4n) is 2.83. The molecule has 1 fully saturated rings. The van der Waals surface area contributed by atoms with Gasteiger partial charge in [0.25, 0.3) is 0 Å². The van der Waals surface area contributed by atoms with Crippen LogP contribution in [0.5, 0.6) is 0 Å². The molecule has 1 saturated heterocycles. The molecule has 0 spiro atoms. The van der Waals surface area contributed by atoms with Crippen LogP contribution in [-0.2, 0) is 11.2 Å². The van der Waals surface area contributed by atoms with Crippen LogP contribution in [0.25, 0.3) is 0 Å². The van der Waals surface area contributed by atoms with E-state index in [2.05, 4.69) is 30.9 Å². The van der Waals surface area contributed by atoms with Crippen LogP contribution in [0, 0.1) is 0 Å². The van der Waals surface area contributed by atoms with Gasteiger partial charge in [-0.15, -0.1) is 11.3 Å². The van der Waals surface area contributed by atoms with Crippen LogP contribution in [0.1, 0.15) is 55.3 Å². The number of aliphatic carboxylic acids is 1. The first kappa shape index (κ1) is 14.5. The zero-order valence-electron chi connectivity index (χ0n) is 11.8. The summed E-state index contributed by atoms with van der Waals surface area (Å²) in [5.41, 5.74) is 0. The van der Waals surface area contributed by atoms with Crippen molar-refractivity contribution in [1.82, 2.24) is 4.90 Å². The van der Waals surface area contributed by atoms with Gasteiger partial charge in [0, 0.05) is 15.8 Å². The Morgan fingerprint density at radius 1 is 1.47 bits per heavy atom. The van der Waals surface area contributed by atoms with E-state index in [1.165, 1.54) is 9.75 Å². The number of hydrogen-bond donors (Lipinski definition) is 1. The first-order valence-electron chi connectivity index (χ1n) is 7.20. The van der Waals surface area contributed by atoms with E-state index in [1.807, 2.05) is 11.3 Å².